The van der Waals surface area contributed by atoms with E-state index in [-0.39, 0.29) is 0 Å². The second-order valence-corrected chi connectivity index (χ2v) is 5.22. The molecule has 0 radical (unpaired) electrons. The first-order chi connectivity index (χ1) is 7.75. The Balaban J connectivity index is 1.79. The fourth-order valence-corrected chi connectivity index (χ4v) is 2.72. The molecule has 0 saturated heterocycles. The zero-order valence-corrected chi connectivity index (χ0v) is 10.4. The summed E-state index contributed by atoms with van der Waals surface area (Å²) in [7, 11) is 0. The molecule has 0 amide bonds. The van der Waals surface area contributed by atoms with Gasteiger partial charge < -0.3 is 9.73 Å². The van der Waals surface area contributed by atoms with Crippen molar-refractivity contribution in [3.05, 3.63) is 24.2 Å². The van der Waals surface area contributed by atoms with Gasteiger partial charge in [-0.3, -0.25) is 0 Å². The van der Waals surface area contributed by atoms with Crippen LogP contribution in [0.1, 0.15) is 45.3 Å². The Morgan fingerprint density at radius 2 is 2.25 bits per heavy atom. The summed E-state index contributed by atoms with van der Waals surface area (Å²) in [6.45, 7) is 4.63. The van der Waals surface area contributed by atoms with E-state index in [0.717, 1.165) is 18.1 Å². The van der Waals surface area contributed by atoms with Crippen LogP contribution in [-0.4, -0.2) is 12.1 Å². The second-order valence-electron chi connectivity index (χ2n) is 5.22. The summed E-state index contributed by atoms with van der Waals surface area (Å²) in [5.41, 5.74) is 0. The van der Waals surface area contributed by atoms with E-state index in [4.69, 9.17) is 4.42 Å². The molecule has 0 bridgehead atoms. The highest BCUT2D eigenvalue weighted by atomic mass is 16.3. The molecule has 1 aliphatic carbocycles. The van der Waals surface area contributed by atoms with Crippen LogP contribution in [0.5, 0.6) is 0 Å². The zero-order valence-electron chi connectivity index (χ0n) is 10.4. The first-order valence-corrected chi connectivity index (χ1v) is 6.54. The molecule has 2 nitrogen and oxygen atoms in total. The molecule has 1 fully saturated rings. The first-order valence-electron chi connectivity index (χ1n) is 6.54. The minimum absolute atomic E-state index is 0.511. The van der Waals surface area contributed by atoms with Crippen molar-refractivity contribution in [2.75, 3.05) is 0 Å². The Morgan fingerprint density at radius 1 is 1.44 bits per heavy atom. The highest BCUT2D eigenvalue weighted by molar-refractivity contribution is 5.00. The normalized spacial score (nSPS) is 27.9. The average molecular weight is 221 g/mol. The van der Waals surface area contributed by atoms with Crippen LogP contribution in [0.15, 0.2) is 22.8 Å². The van der Waals surface area contributed by atoms with Crippen molar-refractivity contribution >= 4 is 0 Å². The predicted molar refractivity (Wildman–Crippen MR) is 66.4 cm³/mol. The van der Waals surface area contributed by atoms with Gasteiger partial charge in [-0.05, 0) is 37.8 Å². The van der Waals surface area contributed by atoms with Crippen molar-refractivity contribution in [1.82, 2.24) is 5.32 Å². The number of rotatable bonds is 4. The Labute approximate surface area is 98.4 Å². The van der Waals surface area contributed by atoms with Crippen molar-refractivity contribution in [1.29, 1.82) is 0 Å². The smallest absolute Gasteiger partial charge is 0.105 e. The van der Waals surface area contributed by atoms with Crippen LogP contribution < -0.4 is 5.32 Å². The lowest BCUT2D eigenvalue weighted by atomic mass is 9.85. The third-order valence-electron chi connectivity index (χ3n) is 3.70. The molecule has 1 N–H and O–H groups in total. The fraction of sp³-hybridized carbons (Fsp3) is 0.714. The first kappa shape index (κ1) is 11.7. The van der Waals surface area contributed by atoms with E-state index in [9.17, 15) is 0 Å². The van der Waals surface area contributed by atoms with Gasteiger partial charge in [-0.25, -0.2) is 0 Å². The van der Waals surface area contributed by atoms with Crippen LogP contribution in [0, 0.1) is 5.92 Å². The molecule has 1 aromatic heterocycles. The van der Waals surface area contributed by atoms with E-state index in [1.54, 1.807) is 6.26 Å². The molecular formula is C14H23NO. The Kier molecular flexibility index (Phi) is 4.05. The number of furan rings is 1. The number of hydrogen-bond donors (Lipinski definition) is 1. The molecular weight excluding hydrogens is 198 g/mol. The SMILES string of the molecule is CC(Cc1ccco1)NC1CCCCC1C. The average Bonchev–Trinajstić information content (AvgIpc) is 2.74. The largest absolute Gasteiger partial charge is 0.469 e. The van der Waals surface area contributed by atoms with Crippen molar-refractivity contribution in [3.8, 4) is 0 Å². The lowest BCUT2D eigenvalue weighted by Gasteiger charge is -2.32. The molecule has 0 aromatic carbocycles. The molecule has 1 saturated carbocycles. The number of nitrogens with one attached hydrogen (secondary N) is 1. The van der Waals surface area contributed by atoms with Gasteiger partial charge in [-0.1, -0.05) is 19.8 Å². The van der Waals surface area contributed by atoms with E-state index in [2.05, 4.69) is 25.2 Å². The molecule has 3 atom stereocenters. The van der Waals surface area contributed by atoms with E-state index in [0.29, 0.717) is 12.1 Å². The molecule has 0 aliphatic heterocycles. The standard InChI is InChI=1S/C14H23NO/c1-11-6-3-4-8-14(11)15-12(2)10-13-7-5-9-16-13/h5,7,9,11-12,14-15H,3-4,6,8,10H2,1-2H3. The maximum Gasteiger partial charge on any atom is 0.105 e. The Bertz CT molecular complexity index is 294. The summed E-state index contributed by atoms with van der Waals surface area (Å²) in [5.74, 6) is 1.91. The lowest BCUT2D eigenvalue weighted by Crippen LogP contribution is -2.43. The van der Waals surface area contributed by atoms with Crippen LogP contribution in [0.3, 0.4) is 0 Å². The molecule has 1 aromatic rings. The monoisotopic (exact) mass is 221 g/mol. The Hall–Kier alpha value is -0.760. The maximum atomic E-state index is 5.38. The maximum absolute atomic E-state index is 5.38. The molecule has 1 heterocycles. The van der Waals surface area contributed by atoms with Crippen molar-refractivity contribution < 1.29 is 4.42 Å². The zero-order chi connectivity index (χ0) is 11.4. The summed E-state index contributed by atoms with van der Waals surface area (Å²) in [6.07, 6.45) is 8.26. The summed E-state index contributed by atoms with van der Waals surface area (Å²) in [5, 5.41) is 3.75. The molecule has 90 valence electrons. The van der Waals surface area contributed by atoms with Gasteiger partial charge in [0, 0.05) is 18.5 Å². The van der Waals surface area contributed by atoms with Gasteiger partial charge in [0.2, 0.25) is 0 Å². The van der Waals surface area contributed by atoms with Gasteiger partial charge in [0.1, 0.15) is 5.76 Å². The minimum atomic E-state index is 0.511. The third kappa shape index (κ3) is 3.11. The van der Waals surface area contributed by atoms with Gasteiger partial charge >= 0.3 is 0 Å². The summed E-state index contributed by atoms with van der Waals surface area (Å²) in [6, 6.07) is 5.24. The third-order valence-corrected chi connectivity index (χ3v) is 3.70. The molecule has 16 heavy (non-hydrogen) atoms. The van der Waals surface area contributed by atoms with E-state index < -0.39 is 0 Å². The minimum Gasteiger partial charge on any atom is -0.469 e. The van der Waals surface area contributed by atoms with Crippen molar-refractivity contribution in [3.63, 3.8) is 0 Å². The highest BCUT2D eigenvalue weighted by Crippen LogP contribution is 2.24. The number of hydrogen-bond acceptors (Lipinski definition) is 2. The summed E-state index contributed by atoms with van der Waals surface area (Å²) >= 11 is 0. The van der Waals surface area contributed by atoms with Crippen LogP contribution in [0.4, 0.5) is 0 Å². The van der Waals surface area contributed by atoms with Gasteiger partial charge in [-0.2, -0.15) is 0 Å². The van der Waals surface area contributed by atoms with Crippen LogP contribution in [0.25, 0.3) is 0 Å². The van der Waals surface area contributed by atoms with E-state index >= 15 is 0 Å². The van der Waals surface area contributed by atoms with E-state index in [1.807, 2.05) is 6.07 Å². The molecule has 3 unspecified atom stereocenters. The van der Waals surface area contributed by atoms with Crippen molar-refractivity contribution in [2.24, 2.45) is 5.92 Å². The van der Waals surface area contributed by atoms with Gasteiger partial charge in [0.15, 0.2) is 0 Å². The van der Waals surface area contributed by atoms with Gasteiger partial charge in [0.25, 0.3) is 0 Å². The Morgan fingerprint density at radius 3 is 2.94 bits per heavy atom. The summed E-state index contributed by atoms with van der Waals surface area (Å²) in [4.78, 5) is 0. The van der Waals surface area contributed by atoms with Crippen LogP contribution in [-0.2, 0) is 6.42 Å². The van der Waals surface area contributed by atoms with Crippen LogP contribution >= 0.6 is 0 Å². The molecule has 1 aliphatic rings. The lowest BCUT2D eigenvalue weighted by molar-refractivity contribution is 0.258. The highest BCUT2D eigenvalue weighted by Gasteiger charge is 2.22. The molecule has 2 rings (SSSR count). The van der Waals surface area contributed by atoms with Gasteiger partial charge in [0.05, 0.1) is 6.26 Å². The topological polar surface area (TPSA) is 25.2 Å². The quantitative estimate of drug-likeness (QED) is 0.843. The fourth-order valence-electron chi connectivity index (χ4n) is 2.72. The predicted octanol–water partition coefficient (Wildman–Crippen LogP) is 3.38. The molecule has 2 heteroatoms. The second kappa shape index (κ2) is 5.53. The van der Waals surface area contributed by atoms with E-state index in [1.165, 1.54) is 25.7 Å². The molecule has 0 spiro atoms. The van der Waals surface area contributed by atoms with Gasteiger partial charge in [-0.15, -0.1) is 0 Å². The van der Waals surface area contributed by atoms with Crippen molar-refractivity contribution in [2.45, 2.75) is 58.0 Å². The summed E-state index contributed by atoms with van der Waals surface area (Å²) < 4.78 is 5.38. The van der Waals surface area contributed by atoms with Crippen LogP contribution in [0.2, 0.25) is 0 Å².